The van der Waals surface area contributed by atoms with Gasteiger partial charge in [-0.1, -0.05) is 58.9 Å². The lowest BCUT2D eigenvalue weighted by molar-refractivity contribution is 1.15. The standard InChI is InChI=1S/C9H30BN3Si3/c1-14(2,3)11-10(12-15(4,5)6)13-16(7,8)9/h11-13H,1-9H3. The minimum Gasteiger partial charge on any atom is -0.351 e. The molecule has 0 saturated heterocycles. The van der Waals surface area contributed by atoms with Gasteiger partial charge in [0.15, 0.2) is 0 Å². The summed E-state index contributed by atoms with van der Waals surface area (Å²) in [7, 11) is -3.45. The van der Waals surface area contributed by atoms with Crippen molar-refractivity contribution in [2.75, 3.05) is 0 Å². The Morgan fingerprint density at radius 2 is 0.688 bits per heavy atom. The minimum atomic E-state index is -1.25. The number of rotatable bonds is 6. The van der Waals surface area contributed by atoms with Crippen LogP contribution in [0, 0.1) is 0 Å². The van der Waals surface area contributed by atoms with Gasteiger partial charge in [0.05, 0.1) is 0 Å². The SMILES string of the molecule is C[Si](C)(C)NB(N[Si](C)(C)C)N[Si](C)(C)C. The van der Waals surface area contributed by atoms with E-state index < -0.39 is 24.7 Å². The Morgan fingerprint density at radius 1 is 0.500 bits per heavy atom. The maximum Gasteiger partial charge on any atom is 0.374 e. The fourth-order valence-corrected chi connectivity index (χ4v) is 4.87. The number of nitrogens with one attached hydrogen (secondary N) is 3. The predicted octanol–water partition coefficient (Wildman–Crippen LogP) is 2.24. The molecule has 0 aliphatic carbocycles. The van der Waals surface area contributed by atoms with Gasteiger partial charge in [0.1, 0.15) is 24.7 Å². The average Bonchev–Trinajstić information content (AvgIpc) is 1.70. The first-order valence-corrected chi connectivity index (χ1v) is 16.6. The summed E-state index contributed by atoms with van der Waals surface area (Å²) in [5, 5.41) is 0. The van der Waals surface area contributed by atoms with Crippen LogP contribution in [0.3, 0.4) is 0 Å². The third-order valence-electron chi connectivity index (χ3n) is 1.73. The van der Waals surface area contributed by atoms with E-state index >= 15 is 0 Å². The zero-order valence-electron chi connectivity index (χ0n) is 12.6. The Morgan fingerprint density at radius 3 is 0.812 bits per heavy atom. The lowest BCUT2D eigenvalue weighted by Crippen LogP contribution is -2.73. The van der Waals surface area contributed by atoms with Crippen molar-refractivity contribution >= 4 is 31.8 Å². The summed E-state index contributed by atoms with van der Waals surface area (Å²) in [5.74, 6) is 0. The third-order valence-corrected chi connectivity index (χ3v) is 5.20. The number of hydrogen-bond donors (Lipinski definition) is 3. The van der Waals surface area contributed by atoms with Crippen LogP contribution in [0.15, 0.2) is 0 Å². The van der Waals surface area contributed by atoms with Crippen LogP contribution in [-0.4, -0.2) is 31.8 Å². The van der Waals surface area contributed by atoms with E-state index in [4.69, 9.17) is 0 Å². The molecule has 0 bridgehead atoms. The maximum absolute atomic E-state index is 3.76. The van der Waals surface area contributed by atoms with Crippen LogP contribution in [0.4, 0.5) is 0 Å². The molecule has 0 radical (unpaired) electrons. The second-order valence-corrected chi connectivity index (χ2v) is 22.0. The van der Waals surface area contributed by atoms with Crippen molar-refractivity contribution in [3.05, 3.63) is 0 Å². The molecule has 0 saturated carbocycles. The number of hydrogen-bond acceptors (Lipinski definition) is 3. The van der Waals surface area contributed by atoms with E-state index in [0.717, 1.165) is 0 Å². The van der Waals surface area contributed by atoms with Crippen molar-refractivity contribution in [1.82, 2.24) is 14.7 Å². The summed E-state index contributed by atoms with van der Waals surface area (Å²) in [6, 6.07) is 0. The van der Waals surface area contributed by atoms with Crippen LogP contribution in [0.2, 0.25) is 58.9 Å². The van der Waals surface area contributed by atoms with Gasteiger partial charge in [-0.25, -0.2) is 0 Å². The van der Waals surface area contributed by atoms with E-state index in [2.05, 4.69) is 73.6 Å². The van der Waals surface area contributed by atoms with E-state index in [1.54, 1.807) is 0 Å². The molecule has 0 amide bonds. The van der Waals surface area contributed by atoms with E-state index in [9.17, 15) is 0 Å². The molecule has 96 valence electrons. The molecule has 0 aliphatic heterocycles. The van der Waals surface area contributed by atoms with Gasteiger partial charge in [0, 0.05) is 0 Å². The highest BCUT2D eigenvalue weighted by Crippen LogP contribution is 2.01. The highest BCUT2D eigenvalue weighted by molar-refractivity contribution is 6.93. The van der Waals surface area contributed by atoms with Gasteiger partial charge in [-0.3, -0.25) is 0 Å². The molecule has 0 aromatic carbocycles. The molecule has 0 rings (SSSR count). The average molecular weight is 275 g/mol. The highest BCUT2D eigenvalue weighted by atomic mass is 28.3. The molecule has 0 atom stereocenters. The van der Waals surface area contributed by atoms with Crippen molar-refractivity contribution in [3.63, 3.8) is 0 Å². The lowest BCUT2D eigenvalue weighted by atomic mass is 10.0. The normalized spacial score (nSPS) is 14.1. The Bertz CT molecular complexity index is 179. The molecular formula is C9H30BN3Si3. The first-order chi connectivity index (χ1) is 6.79. The van der Waals surface area contributed by atoms with Crippen LogP contribution >= 0.6 is 0 Å². The van der Waals surface area contributed by atoms with Crippen LogP contribution in [0.1, 0.15) is 0 Å². The highest BCUT2D eigenvalue weighted by Gasteiger charge is 2.31. The Balaban J connectivity index is 4.53. The van der Waals surface area contributed by atoms with Crippen molar-refractivity contribution in [2.24, 2.45) is 0 Å². The van der Waals surface area contributed by atoms with E-state index in [1.165, 1.54) is 0 Å². The largest absolute Gasteiger partial charge is 0.374 e. The van der Waals surface area contributed by atoms with Crippen LogP contribution in [0.25, 0.3) is 0 Å². The third kappa shape index (κ3) is 11.1. The second-order valence-electron chi connectivity index (χ2n) is 7.62. The van der Waals surface area contributed by atoms with Gasteiger partial charge in [0.25, 0.3) is 0 Å². The van der Waals surface area contributed by atoms with Gasteiger partial charge in [-0.2, -0.15) is 0 Å². The summed E-state index contributed by atoms with van der Waals surface area (Å²) in [5.41, 5.74) is 0. The topological polar surface area (TPSA) is 36.1 Å². The summed E-state index contributed by atoms with van der Waals surface area (Å²) < 4.78 is 0. The molecule has 16 heavy (non-hydrogen) atoms. The van der Waals surface area contributed by atoms with Gasteiger partial charge < -0.3 is 14.7 Å². The zero-order chi connectivity index (χ0) is 13.2. The van der Waals surface area contributed by atoms with Crippen LogP contribution < -0.4 is 14.7 Å². The summed E-state index contributed by atoms with van der Waals surface area (Å²) >= 11 is 0. The lowest BCUT2D eigenvalue weighted by Gasteiger charge is -2.34. The smallest absolute Gasteiger partial charge is 0.351 e. The minimum absolute atomic E-state index is 0.296. The van der Waals surface area contributed by atoms with Gasteiger partial charge >= 0.3 is 7.12 Å². The fraction of sp³-hybridized carbons (Fsp3) is 1.00. The monoisotopic (exact) mass is 275 g/mol. The first kappa shape index (κ1) is 16.6. The van der Waals surface area contributed by atoms with E-state index in [0.29, 0.717) is 7.12 Å². The van der Waals surface area contributed by atoms with Gasteiger partial charge in [0.2, 0.25) is 0 Å². The van der Waals surface area contributed by atoms with Crippen molar-refractivity contribution < 1.29 is 0 Å². The molecule has 3 N–H and O–H groups in total. The van der Waals surface area contributed by atoms with Crippen LogP contribution in [-0.2, 0) is 0 Å². The second kappa shape index (κ2) is 5.49. The first-order valence-electron chi connectivity index (χ1n) is 6.12. The van der Waals surface area contributed by atoms with E-state index in [-0.39, 0.29) is 0 Å². The molecular weight excluding hydrogens is 245 g/mol. The van der Waals surface area contributed by atoms with Crippen LogP contribution in [0.5, 0.6) is 0 Å². The van der Waals surface area contributed by atoms with Crippen molar-refractivity contribution in [2.45, 2.75) is 58.9 Å². The Kier molecular flexibility index (Phi) is 5.70. The quantitative estimate of drug-likeness (QED) is 0.651. The predicted molar refractivity (Wildman–Crippen MR) is 85.2 cm³/mol. The Hall–Kier alpha value is 0.596. The molecule has 0 heterocycles. The molecule has 0 spiro atoms. The van der Waals surface area contributed by atoms with Crippen molar-refractivity contribution in [1.29, 1.82) is 0 Å². The molecule has 0 aliphatic rings. The van der Waals surface area contributed by atoms with Gasteiger partial charge in [-0.15, -0.1) is 0 Å². The summed E-state index contributed by atoms with van der Waals surface area (Å²) in [4.78, 5) is 11.3. The molecule has 3 nitrogen and oxygen atoms in total. The zero-order valence-corrected chi connectivity index (χ0v) is 15.6. The molecule has 0 fully saturated rings. The molecule has 7 heteroatoms. The van der Waals surface area contributed by atoms with Crippen molar-refractivity contribution in [3.8, 4) is 0 Å². The Labute approximate surface area is 106 Å². The maximum atomic E-state index is 3.76. The summed E-state index contributed by atoms with van der Waals surface area (Å²) in [6.07, 6.45) is 0. The summed E-state index contributed by atoms with van der Waals surface area (Å²) in [6.45, 7) is 21.1. The van der Waals surface area contributed by atoms with Gasteiger partial charge in [-0.05, 0) is 0 Å². The molecule has 0 aromatic heterocycles. The fourth-order valence-electron chi connectivity index (χ4n) is 1.41. The molecule has 0 unspecified atom stereocenters. The van der Waals surface area contributed by atoms with E-state index in [1.807, 2.05) is 0 Å². The molecule has 0 aromatic rings.